The summed E-state index contributed by atoms with van der Waals surface area (Å²) in [4.78, 5) is 5.57. The highest BCUT2D eigenvalue weighted by Gasteiger charge is 1.99. The molecule has 2 heteroatoms. The second kappa shape index (κ2) is 3.23. The van der Waals surface area contributed by atoms with Crippen molar-refractivity contribution >= 4 is 21.4 Å². The number of pyridine rings is 1. The van der Waals surface area contributed by atoms with Gasteiger partial charge in [0, 0.05) is 17.3 Å². The minimum Gasteiger partial charge on any atom is -0.263 e. The maximum absolute atomic E-state index is 4.10. The molecule has 2 aromatic heterocycles. The van der Waals surface area contributed by atoms with Crippen molar-refractivity contribution in [3.63, 3.8) is 0 Å². The largest absolute Gasteiger partial charge is 0.263 e. The minimum atomic E-state index is 1.19. The molecule has 0 aliphatic carbocycles. The van der Waals surface area contributed by atoms with Crippen LogP contribution in [0.25, 0.3) is 10.1 Å². The Morgan fingerprint density at radius 2 is 2.42 bits per heavy atom. The maximum Gasteiger partial charge on any atom is 0.0529 e. The van der Waals surface area contributed by atoms with Crippen LogP contribution in [-0.4, -0.2) is 4.98 Å². The molecule has 0 aromatic carbocycles. The van der Waals surface area contributed by atoms with Crippen LogP contribution in [0.2, 0.25) is 0 Å². The van der Waals surface area contributed by atoms with Crippen LogP contribution in [-0.2, 0) is 6.42 Å². The van der Waals surface area contributed by atoms with E-state index in [0.29, 0.717) is 0 Å². The van der Waals surface area contributed by atoms with Gasteiger partial charge in [-0.1, -0.05) is 13.3 Å². The van der Waals surface area contributed by atoms with Gasteiger partial charge in [0.25, 0.3) is 0 Å². The van der Waals surface area contributed by atoms with Gasteiger partial charge >= 0.3 is 0 Å². The van der Waals surface area contributed by atoms with E-state index in [9.17, 15) is 0 Å². The molecule has 12 heavy (non-hydrogen) atoms. The van der Waals surface area contributed by atoms with Crippen LogP contribution in [0.3, 0.4) is 0 Å². The first-order chi connectivity index (χ1) is 5.90. The Balaban J connectivity index is 2.47. The van der Waals surface area contributed by atoms with Crippen LogP contribution in [0.4, 0.5) is 0 Å². The van der Waals surface area contributed by atoms with E-state index in [1.54, 1.807) is 0 Å². The zero-order valence-corrected chi connectivity index (χ0v) is 7.90. The molecule has 0 aliphatic heterocycles. The summed E-state index contributed by atoms with van der Waals surface area (Å²) in [6.07, 6.45) is 6.21. The van der Waals surface area contributed by atoms with Crippen molar-refractivity contribution in [1.29, 1.82) is 0 Å². The number of rotatable bonds is 2. The van der Waals surface area contributed by atoms with Gasteiger partial charge in [-0.15, -0.1) is 11.3 Å². The van der Waals surface area contributed by atoms with E-state index in [-0.39, 0.29) is 0 Å². The Kier molecular flexibility index (Phi) is 2.09. The first-order valence-electron chi connectivity index (χ1n) is 4.22. The summed E-state index contributed by atoms with van der Waals surface area (Å²) in [5.41, 5.74) is 0. The van der Waals surface area contributed by atoms with Crippen LogP contribution in [0.5, 0.6) is 0 Å². The fourth-order valence-electron chi connectivity index (χ4n) is 1.31. The third-order valence-corrected chi connectivity index (χ3v) is 3.02. The summed E-state index contributed by atoms with van der Waals surface area (Å²) in [5, 5.41) is 1.33. The first-order valence-corrected chi connectivity index (χ1v) is 5.04. The molecular formula is C10H11NS. The second-order valence-corrected chi connectivity index (χ2v) is 4.04. The SMILES string of the molecule is CCCc1cc2ccncc2s1. The summed E-state index contributed by atoms with van der Waals surface area (Å²) in [7, 11) is 0. The van der Waals surface area contributed by atoms with Gasteiger partial charge in [-0.3, -0.25) is 4.98 Å². The summed E-state index contributed by atoms with van der Waals surface area (Å²) in [5.74, 6) is 0. The lowest BCUT2D eigenvalue weighted by atomic mass is 10.2. The monoisotopic (exact) mass is 177 g/mol. The van der Waals surface area contributed by atoms with Gasteiger partial charge in [0.15, 0.2) is 0 Å². The van der Waals surface area contributed by atoms with E-state index in [1.165, 1.54) is 27.8 Å². The fourth-order valence-corrected chi connectivity index (χ4v) is 2.44. The normalized spacial score (nSPS) is 10.8. The molecule has 0 spiro atoms. The molecule has 0 N–H and O–H groups in total. The number of hydrogen-bond acceptors (Lipinski definition) is 2. The van der Waals surface area contributed by atoms with Crippen molar-refractivity contribution in [2.24, 2.45) is 0 Å². The molecule has 0 bridgehead atoms. The lowest BCUT2D eigenvalue weighted by molar-refractivity contribution is 0.941. The van der Waals surface area contributed by atoms with Crippen LogP contribution in [0.1, 0.15) is 18.2 Å². The van der Waals surface area contributed by atoms with Gasteiger partial charge < -0.3 is 0 Å². The average molecular weight is 177 g/mol. The number of hydrogen-bond donors (Lipinski definition) is 0. The lowest BCUT2D eigenvalue weighted by Gasteiger charge is -1.86. The highest BCUT2D eigenvalue weighted by molar-refractivity contribution is 7.19. The van der Waals surface area contributed by atoms with Gasteiger partial charge in [0.05, 0.1) is 4.70 Å². The van der Waals surface area contributed by atoms with E-state index in [2.05, 4.69) is 24.0 Å². The molecule has 0 saturated heterocycles. The summed E-state index contributed by atoms with van der Waals surface area (Å²) >= 11 is 1.86. The van der Waals surface area contributed by atoms with Crippen molar-refractivity contribution in [2.45, 2.75) is 19.8 Å². The van der Waals surface area contributed by atoms with Crippen molar-refractivity contribution in [3.05, 3.63) is 29.4 Å². The quantitative estimate of drug-likeness (QED) is 0.686. The Morgan fingerprint density at radius 3 is 3.17 bits per heavy atom. The van der Waals surface area contributed by atoms with E-state index in [1.807, 2.05) is 23.7 Å². The summed E-state index contributed by atoms with van der Waals surface area (Å²) < 4.78 is 1.31. The van der Waals surface area contributed by atoms with Crippen LogP contribution in [0.15, 0.2) is 24.5 Å². The van der Waals surface area contributed by atoms with Crippen LogP contribution in [0, 0.1) is 0 Å². The van der Waals surface area contributed by atoms with Crippen LogP contribution >= 0.6 is 11.3 Å². The molecule has 1 nitrogen and oxygen atoms in total. The van der Waals surface area contributed by atoms with E-state index in [0.717, 1.165) is 0 Å². The lowest BCUT2D eigenvalue weighted by Crippen LogP contribution is -1.71. The van der Waals surface area contributed by atoms with Crippen molar-refractivity contribution in [1.82, 2.24) is 4.98 Å². The van der Waals surface area contributed by atoms with Gasteiger partial charge in [-0.2, -0.15) is 0 Å². The third-order valence-electron chi connectivity index (χ3n) is 1.87. The topological polar surface area (TPSA) is 12.9 Å². The van der Waals surface area contributed by atoms with Crippen LogP contribution < -0.4 is 0 Å². The molecular weight excluding hydrogens is 166 g/mol. The molecule has 0 atom stereocenters. The molecule has 2 aromatic rings. The Hall–Kier alpha value is -0.890. The smallest absolute Gasteiger partial charge is 0.0529 e. The van der Waals surface area contributed by atoms with Crippen molar-refractivity contribution in [2.75, 3.05) is 0 Å². The highest BCUT2D eigenvalue weighted by atomic mass is 32.1. The number of aromatic nitrogens is 1. The molecule has 0 amide bonds. The van der Waals surface area contributed by atoms with Crippen molar-refractivity contribution < 1.29 is 0 Å². The van der Waals surface area contributed by atoms with Gasteiger partial charge in [0.1, 0.15) is 0 Å². The van der Waals surface area contributed by atoms with E-state index >= 15 is 0 Å². The Morgan fingerprint density at radius 1 is 1.50 bits per heavy atom. The molecule has 0 aliphatic rings. The van der Waals surface area contributed by atoms with Gasteiger partial charge in [0.2, 0.25) is 0 Å². The zero-order valence-electron chi connectivity index (χ0n) is 7.08. The Bertz CT molecular complexity index is 345. The van der Waals surface area contributed by atoms with Gasteiger partial charge in [-0.05, 0) is 23.9 Å². The highest BCUT2D eigenvalue weighted by Crippen LogP contribution is 2.25. The predicted molar refractivity (Wildman–Crippen MR) is 53.6 cm³/mol. The molecule has 0 unspecified atom stereocenters. The number of aryl methyl sites for hydroxylation is 1. The average Bonchev–Trinajstić information content (AvgIpc) is 2.47. The first kappa shape index (κ1) is 7.74. The minimum absolute atomic E-state index is 1.19. The summed E-state index contributed by atoms with van der Waals surface area (Å²) in [6, 6.07) is 4.34. The molecule has 2 rings (SSSR count). The number of fused-ring (bicyclic) bond motifs is 1. The number of thiophene rings is 1. The maximum atomic E-state index is 4.10. The second-order valence-electron chi connectivity index (χ2n) is 2.88. The predicted octanol–water partition coefficient (Wildman–Crippen LogP) is 3.25. The third kappa shape index (κ3) is 1.34. The van der Waals surface area contributed by atoms with Gasteiger partial charge in [-0.25, -0.2) is 0 Å². The molecule has 0 fully saturated rings. The van der Waals surface area contributed by atoms with E-state index in [4.69, 9.17) is 0 Å². The molecule has 0 radical (unpaired) electrons. The Labute approximate surface area is 76.1 Å². The molecule has 0 saturated carbocycles. The molecule has 2 heterocycles. The van der Waals surface area contributed by atoms with Crippen molar-refractivity contribution in [3.8, 4) is 0 Å². The molecule has 62 valence electrons. The summed E-state index contributed by atoms with van der Waals surface area (Å²) in [6.45, 7) is 2.21. The van der Waals surface area contributed by atoms with E-state index < -0.39 is 0 Å². The number of nitrogens with zero attached hydrogens (tertiary/aromatic N) is 1. The fraction of sp³-hybridized carbons (Fsp3) is 0.300. The standard InChI is InChI=1S/C10H11NS/c1-2-3-9-6-8-4-5-11-7-10(8)12-9/h4-7H,2-3H2,1H3. The zero-order chi connectivity index (χ0) is 8.39.